The average molecular weight is 526 g/mol. The van der Waals surface area contributed by atoms with Crippen LogP contribution in [0.4, 0.5) is 18.9 Å². The maximum atomic E-state index is 13.9. The lowest BCUT2D eigenvalue weighted by atomic mass is 9.77. The molecule has 0 radical (unpaired) electrons. The summed E-state index contributed by atoms with van der Waals surface area (Å²) >= 11 is 6.17. The summed E-state index contributed by atoms with van der Waals surface area (Å²) in [5, 5.41) is -0.270. The van der Waals surface area contributed by atoms with Crippen LogP contribution in [0.2, 0.25) is 5.02 Å². The van der Waals surface area contributed by atoms with E-state index in [2.05, 4.69) is 0 Å². The fraction of sp³-hybridized carbons (Fsp3) is 0.185. The SMILES string of the molecule is O=C1[C@@H]2[C@H](c3ccccc3)OC3(C(=O)c4ccccc4C3=O)[C@H]2C(=O)N1c1cc(C(F)(F)F)ccc1Cl. The summed E-state index contributed by atoms with van der Waals surface area (Å²) in [6, 6.07) is 16.5. The Labute approximate surface area is 212 Å². The quantitative estimate of drug-likeness (QED) is 0.345. The van der Waals surface area contributed by atoms with E-state index in [1.807, 2.05) is 0 Å². The largest absolute Gasteiger partial charge is 0.416 e. The smallest absolute Gasteiger partial charge is 0.349 e. The number of ether oxygens (including phenoxy) is 1. The summed E-state index contributed by atoms with van der Waals surface area (Å²) < 4.78 is 46.5. The Morgan fingerprint density at radius 2 is 1.41 bits per heavy atom. The van der Waals surface area contributed by atoms with E-state index >= 15 is 0 Å². The van der Waals surface area contributed by atoms with Crippen LogP contribution in [-0.2, 0) is 20.5 Å². The first-order valence-electron chi connectivity index (χ1n) is 11.2. The van der Waals surface area contributed by atoms with Gasteiger partial charge in [0.1, 0.15) is 0 Å². The summed E-state index contributed by atoms with van der Waals surface area (Å²) in [4.78, 5) is 55.6. The topological polar surface area (TPSA) is 80.8 Å². The number of Topliss-reactive ketones (excluding diaryl/α,β-unsaturated/α-hetero) is 2. The number of carbonyl (C=O) groups is 4. The molecule has 3 aromatic carbocycles. The Morgan fingerprint density at radius 3 is 2.00 bits per heavy atom. The van der Waals surface area contributed by atoms with Gasteiger partial charge in [0.2, 0.25) is 29.0 Å². The van der Waals surface area contributed by atoms with Gasteiger partial charge in [-0.05, 0) is 23.8 Å². The third-order valence-corrected chi connectivity index (χ3v) is 7.48. The first-order valence-corrected chi connectivity index (χ1v) is 11.6. The van der Waals surface area contributed by atoms with Gasteiger partial charge in [-0.15, -0.1) is 0 Å². The lowest BCUT2D eigenvalue weighted by molar-refractivity contribution is -0.137. The summed E-state index contributed by atoms with van der Waals surface area (Å²) in [7, 11) is 0. The maximum absolute atomic E-state index is 13.9. The molecule has 0 aromatic heterocycles. The summed E-state index contributed by atoms with van der Waals surface area (Å²) in [5.74, 6) is -6.40. The van der Waals surface area contributed by atoms with Gasteiger partial charge in [0.15, 0.2) is 0 Å². The highest BCUT2D eigenvalue weighted by molar-refractivity contribution is 6.39. The molecule has 10 heteroatoms. The zero-order valence-electron chi connectivity index (χ0n) is 18.7. The molecule has 2 aliphatic heterocycles. The highest BCUT2D eigenvalue weighted by atomic mass is 35.5. The predicted octanol–water partition coefficient (Wildman–Crippen LogP) is 5.05. The Kier molecular flexibility index (Phi) is 4.99. The number of imide groups is 1. The van der Waals surface area contributed by atoms with Gasteiger partial charge in [0.05, 0.1) is 34.2 Å². The van der Waals surface area contributed by atoms with E-state index in [-0.39, 0.29) is 16.1 Å². The molecule has 2 amide bonds. The molecule has 0 N–H and O–H groups in total. The zero-order valence-corrected chi connectivity index (χ0v) is 19.4. The molecule has 0 unspecified atom stereocenters. The molecule has 0 saturated carbocycles. The van der Waals surface area contributed by atoms with Crippen LogP contribution in [0.5, 0.6) is 0 Å². The van der Waals surface area contributed by atoms with Crippen molar-refractivity contribution in [3.63, 3.8) is 0 Å². The second kappa shape index (κ2) is 7.84. The van der Waals surface area contributed by atoms with Crippen LogP contribution in [0.1, 0.15) is 37.9 Å². The van der Waals surface area contributed by atoms with E-state index < -0.39 is 64.3 Å². The van der Waals surface area contributed by atoms with Crippen molar-refractivity contribution in [3.05, 3.63) is 100 Å². The molecule has 6 rings (SSSR count). The number of fused-ring (bicyclic) bond motifs is 3. The first kappa shape index (κ1) is 23.6. The molecule has 37 heavy (non-hydrogen) atoms. The van der Waals surface area contributed by atoms with Gasteiger partial charge < -0.3 is 4.74 Å². The minimum Gasteiger partial charge on any atom is -0.349 e. The molecule has 186 valence electrons. The van der Waals surface area contributed by atoms with Crippen molar-refractivity contribution in [2.24, 2.45) is 11.8 Å². The van der Waals surface area contributed by atoms with Crippen molar-refractivity contribution in [2.75, 3.05) is 4.90 Å². The number of hydrogen-bond donors (Lipinski definition) is 0. The second-order valence-electron chi connectivity index (χ2n) is 9.07. The van der Waals surface area contributed by atoms with Gasteiger partial charge in [-0.25, -0.2) is 4.90 Å². The molecule has 2 heterocycles. The van der Waals surface area contributed by atoms with Gasteiger partial charge in [-0.1, -0.05) is 66.2 Å². The van der Waals surface area contributed by atoms with Gasteiger partial charge in [-0.3, -0.25) is 19.2 Å². The standard InChI is InChI=1S/C27H15ClF3NO5/c28-17-11-10-14(27(29,30)31)12-18(17)32-24(35)19-20(25(32)36)26(37-21(19)13-6-2-1-3-7-13)22(33)15-8-4-5-9-16(15)23(26)34/h1-12,19-21H/t19-,20+,21-/m0/s1. The van der Waals surface area contributed by atoms with Crippen molar-refractivity contribution in [1.82, 2.24) is 0 Å². The van der Waals surface area contributed by atoms with Crippen molar-refractivity contribution >= 4 is 40.7 Å². The van der Waals surface area contributed by atoms with E-state index in [1.165, 1.54) is 12.1 Å². The van der Waals surface area contributed by atoms with Crippen LogP contribution in [0, 0.1) is 11.8 Å². The Bertz CT molecular complexity index is 1480. The number of alkyl halides is 3. The van der Waals surface area contributed by atoms with Crippen molar-refractivity contribution in [1.29, 1.82) is 0 Å². The fourth-order valence-corrected chi connectivity index (χ4v) is 5.76. The van der Waals surface area contributed by atoms with Gasteiger partial charge >= 0.3 is 6.18 Å². The predicted molar refractivity (Wildman–Crippen MR) is 124 cm³/mol. The van der Waals surface area contributed by atoms with Crippen LogP contribution >= 0.6 is 11.6 Å². The number of benzene rings is 3. The van der Waals surface area contributed by atoms with E-state index in [1.54, 1.807) is 42.5 Å². The van der Waals surface area contributed by atoms with E-state index in [0.717, 1.165) is 12.1 Å². The van der Waals surface area contributed by atoms with Crippen LogP contribution in [0.25, 0.3) is 0 Å². The zero-order chi connectivity index (χ0) is 26.3. The van der Waals surface area contributed by atoms with E-state index in [4.69, 9.17) is 16.3 Å². The lowest BCUT2D eigenvalue weighted by Gasteiger charge is -2.27. The molecule has 2 fully saturated rings. The summed E-state index contributed by atoms with van der Waals surface area (Å²) in [5.41, 5.74) is -3.38. The number of amides is 2. The molecule has 2 saturated heterocycles. The maximum Gasteiger partial charge on any atom is 0.416 e. The normalized spacial score (nSPS) is 24.2. The molecular formula is C27H15ClF3NO5. The summed E-state index contributed by atoms with van der Waals surface area (Å²) in [6.45, 7) is 0. The van der Waals surface area contributed by atoms with Crippen LogP contribution in [0.3, 0.4) is 0 Å². The van der Waals surface area contributed by atoms with Crippen LogP contribution < -0.4 is 4.90 Å². The number of ketones is 2. The Hall–Kier alpha value is -3.82. The average Bonchev–Trinajstić information content (AvgIpc) is 3.44. The van der Waals surface area contributed by atoms with Gasteiger partial charge in [0, 0.05) is 11.1 Å². The van der Waals surface area contributed by atoms with E-state index in [0.29, 0.717) is 16.5 Å². The molecule has 1 spiro atoms. The molecular weight excluding hydrogens is 511 g/mol. The van der Waals surface area contributed by atoms with E-state index in [9.17, 15) is 32.3 Å². The highest BCUT2D eigenvalue weighted by Crippen LogP contribution is 2.58. The number of nitrogens with zero attached hydrogens (tertiary/aromatic N) is 1. The Balaban J connectivity index is 1.55. The minimum atomic E-state index is -4.77. The third-order valence-electron chi connectivity index (χ3n) is 7.16. The van der Waals surface area contributed by atoms with Crippen molar-refractivity contribution in [2.45, 2.75) is 17.9 Å². The highest BCUT2D eigenvalue weighted by Gasteiger charge is 2.74. The number of rotatable bonds is 2. The van der Waals surface area contributed by atoms with Gasteiger partial charge in [-0.2, -0.15) is 13.2 Å². The van der Waals surface area contributed by atoms with Crippen LogP contribution in [-0.4, -0.2) is 29.0 Å². The molecule has 3 atom stereocenters. The summed E-state index contributed by atoms with van der Waals surface area (Å²) in [6.07, 6.45) is -5.95. The fourth-order valence-electron chi connectivity index (χ4n) is 5.56. The lowest BCUT2D eigenvalue weighted by Crippen LogP contribution is -2.51. The van der Waals surface area contributed by atoms with Crippen LogP contribution in [0.15, 0.2) is 72.8 Å². The number of anilines is 1. The first-order chi connectivity index (χ1) is 17.6. The number of hydrogen-bond acceptors (Lipinski definition) is 5. The molecule has 1 aliphatic carbocycles. The Morgan fingerprint density at radius 1 is 0.811 bits per heavy atom. The molecule has 3 aromatic rings. The van der Waals surface area contributed by atoms with Crippen molar-refractivity contribution < 1.29 is 37.1 Å². The number of halogens is 4. The molecule has 3 aliphatic rings. The second-order valence-corrected chi connectivity index (χ2v) is 9.48. The third kappa shape index (κ3) is 3.10. The van der Waals surface area contributed by atoms with Gasteiger partial charge in [0.25, 0.3) is 0 Å². The minimum absolute atomic E-state index is 0.0516. The number of carbonyl (C=O) groups excluding carboxylic acids is 4. The molecule has 6 nitrogen and oxygen atoms in total. The van der Waals surface area contributed by atoms with Crippen molar-refractivity contribution in [3.8, 4) is 0 Å². The monoisotopic (exact) mass is 525 g/mol. The molecule has 0 bridgehead atoms.